The van der Waals surface area contributed by atoms with Crippen molar-refractivity contribution in [3.8, 4) is 33.4 Å². The second-order valence-electron chi connectivity index (χ2n) is 16.9. The maximum absolute atomic E-state index is 2.62. The monoisotopic (exact) mass is 722 g/mol. The van der Waals surface area contributed by atoms with E-state index in [4.69, 9.17) is 0 Å². The van der Waals surface area contributed by atoms with Crippen LogP contribution in [0.2, 0.25) is 0 Å². The molecule has 0 saturated heterocycles. The molecule has 0 fully saturated rings. The normalized spacial score (nSPS) is 12.2. The third-order valence-electron chi connectivity index (χ3n) is 12.9. The Bertz CT molecular complexity index is 2800. The molecule has 0 heterocycles. The van der Waals surface area contributed by atoms with Crippen LogP contribution in [0.1, 0.15) is 61.2 Å². The van der Waals surface area contributed by atoms with Crippen molar-refractivity contribution >= 4 is 44.6 Å². The molecule has 0 radical (unpaired) electrons. The van der Waals surface area contributed by atoms with Crippen LogP contribution >= 0.6 is 0 Å². The zero-order valence-corrected chi connectivity index (χ0v) is 34.5. The quantitative estimate of drug-likeness (QED) is 0.118. The predicted molar refractivity (Wildman–Crippen MR) is 245 cm³/mol. The Hall–Kier alpha value is -5.66. The molecule has 0 aliphatic heterocycles. The molecule has 0 saturated carbocycles. The molecule has 0 nitrogen and oxygen atoms in total. The molecule has 0 atom stereocenters. The van der Waals surface area contributed by atoms with Crippen molar-refractivity contribution in [3.63, 3.8) is 0 Å². The van der Waals surface area contributed by atoms with Gasteiger partial charge in [0.1, 0.15) is 0 Å². The molecule has 56 heavy (non-hydrogen) atoms. The Morgan fingerprint density at radius 2 is 0.714 bits per heavy atom. The largest absolute Gasteiger partial charge is 0.242 e. The Morgan fingerprint density at radius 1 is 0.339 bits per heavy atom. The Kier molecular flexibility index (Phi) is 8.89. The van der Waals surface area contributed by atoms with Crippen molar-refractivity contribution in [3.05, 3.63) is 183 Å². The summed E-state index contributed by atoms with van der Waals surface area (Å²) < 4.78 is 0. The van der Waals surface area contributed by atoms with Gasteiger partial charge in [0.15, 0.2) is 0 Å². The first-order valence-electron chi connectivity index (χ1n) is 20.4. The minimum absolute atomic E-state index is 0.0885. The summed E-state index contributed by atoms with van der Waals surface area (Å²) in [5.41, 5.74) is 27.4. The predicted octanol–water partition coefficient (Wildman–Crippen LogP) is 12.4. The number of aryl methyl sites for hydroxylation is 11. The van der Waals surface area contributed by atoms with Crippen molar-refractivity contribution in [2.24, 2.45) is 0 Å². The molecule has 8 aromatic rings. The highest BCUT2D eigenvalue weighted by Gasteiger charge is 2.34. The fourth-order valence-electron chi connectivity index (χ4n) is 10.7. The van der Waals surface area contributed by atoms with Gasteiger partial charge in [-0.2, -0.15) is 0 Å². The zero-order valence-electron chi connectivity index (χ0n) is 34.5. The highest BCUT2D eigenvalue weighted by atomic mass is 14.3. The summed E-state index contributed by atoms with van der Waals surface area (Å²) in [6.45, 7) is 20.7. The standard InChI is InChI=1S/C55H51B/c1-32-26-37(6)54(38(7)27-32)56(55-39(8)28-33(2)29-40(55)9)51-31-50(43-21-15-12-18-36(43)5)46-23-22-44-48(41-19-13-10-16-34(41)3)30-49(42-20-14-11-17-35(42)4)45-24-25-47(51)53(46)52(44)45/h10-23,26-31H,24-25H2,1-9H3. The van der Waals surface area contributed by atoms with Gasteiger partial charge in [0, 0.05) is 0 Å². The van der Waals surface area contributed by atoms with Crippen molar-refractivity contribution in [2.75, 3.05) is 0 Å². The number of hydrogen-bond donors (Lipinski definition) is 0. The van der Waals surface area contributed by atoms with Gasteiger partial charge in [-0.25, -0.2) is 0 Å². The van der Waals surface area contributed by atoms with Crippen LogP contribution in [0.15, 0.2) is 121 Å². The van der Waals surface area contributed by atoms with E-state index in [0.29, 0.717) is 0 Å². The topological polar surface area (TPSA) is 0 Å². The fraction of sp³-hybridized carbons (Fsp3) is 0.200. The summed E-state index contributed by atoms with van der Waals surface area (Å²) in [6, 6.07) is 46.6. The molecular weight excluding hydrogens is 671 g/mol. The van der Waals surface area contributed by atoms with E-state index in [9.17, 15) is 0 Å². The second kappa shape index (κ2) is 13.8. The molecule has 8 aromatic carbocycles. The Morgan fingerprint density at radius 3 is 1.16 bits per heavy atom. The highest BCUT2D eigenvalue weighted by molar-refractivity contribution is 6.97. The lowest BCUT2D eigenvalue weighted by atomic mass is 9.33. The lowest BCUT2D eigenvalue weighted by Gasteiger charge is -2.31. The summed E-state index contributed by atoms with van der Waals surface area (Å²) in [5, 5.41) is 5.60. The first-order chi connectivity index (χ1) is 27.0. The summed E-state index contributed by atoms with van der Waals surface area (Å²) >= 11 is 0. The molecule has 274 valence electrons. The van der Waals surface area contributed by atoms with Gasteiger partial charge in [0.2, 0.25) is 6.71 Å². The van der Waals surface area contributed by atoms with Crippen molar-refractivity contribution in [1.29, 1.82) is 0 Å². The molecule has 0 unspecified atom stereocenters. The van der Waals surface area contributed by atoms with Crippen LogP contribution < -0.4 is 16.4 Å². The molecule has 0 aromatic heterocycles. The average Bonchev–Trinajstić information content (AvgIpc) is 3.16. The highest BCUT2D eigenvalue weighted by Crippen LogP contribution is 2.47. The van der Waals surface area contributed by atoms with Crippen LogP contribution in [0, 0.1) is 62.3 Å². The van der Waals surface area contributed by atoms with E-state index in [1.807, 2.05) is 0 Å². The second-order valence-corrected chi connectivity index (χ2v) is 16.9. The molecule has 1 aliphatic carbocycles. The number of rotatable bonds is 6. The first kappa shape index (κ1) is 36.0. The fourth-order valence-corrected chi connectivity index (χ4v) is 10.7. The van der Waals surface area contributed by atoms with Crippen LogP contribution in [-0.4, -0.2) is 6.71 Å². The van der Waals surface area contributed by atoms with E-state index >= 15 is 0 Å². The van der Waals surface area contributed by atoms with Gasteiger partial charge in [0.25, 0.3) is 0 Å². The molecule has 9 rings (SSSR count). The summed E-state index contributed by atoms with van der Waals surface area (Å²) in [5.74, 6) is 0. The van der Waals surface area contributed by atoms with E-state index in [0.717, 1.165) is 12.8 Å². The van der Waals surface area contributed by atoms with Crippen LogP contribution in [0.5, 0.6) is 0 Å². The molecule has 0 spiro atoms. The maximum Gasteiger partial charge on any atom is 0.242 e. The van der Waals surface area contributed by atoms with Gasteiger partial charge in [0.05, 0.1) is 0 Å². The van der Waals surface area contributed by atoms with Crippen molar-refractivity contribution < 1.29 is 0 Å². The maximum atomic E-state index is 2.62. The SMILES string of the molecule is Cc1cc(C)c(B(c2cc(-c3ccccc3C)c3ccc4c(-c5ccccc5C)cc(-c5ccccc5C)c5c4c3c2CC5)c2c(C)cc(C)cc2C)c(C)c1. The van der Waals surface area contributed by atoms with Crippen LogP contribution in [0.4, 0.5) is 0 Å². The van der Waals surface area contributed by atoms with Crippen LogP contribution in [-0.2, 0) is 12.8 Å². The Labute approximate surface area is 334 Å². The van der Waals surface area contributed by atoms with E-state index in [2.05, 4.69) is 184 Å². The summed E-state index contributed by atoms with van der Waals surface area (Å²) in [4.78, 5) is 0. The molecule has 0 N–H and O–H groups in total. The first-order valence-corrected chi connectivity index (χ1v) is 20.4. The summed E-state index contributed by atoms with van der Waals surface area (Å²) in [6.07, 6.45) is 2.00. The van der Waals surface area contributed by atoms with Gasteiger partial charge < -0.3 is 0 Å². The van der Waals surface area contributed by atoms with Crippen LogP contribution in [0.3, 0.4) is 0 Å². The zero-order chi connectivity index (χ0) is 39.0. The van der Waals surface area contributed by atoms with Gasteiger partial charge >= 0.3 is 0 Å². The minimum atomic E-state index is 0.0885. The van der Waals surface area contributed by atoms with Gasteiger partial charge in [-0.3, -0.25) is 0 Å². The molecule has 1 aliphatic rings. The van der Waals surface area contributed by atoms with Crippen molar-refractivity contribution in [1.82, 2.24) is 0 Å². The molecular formula is C55H51B. The molecule has 0 amide bonds. The van der Waals surface area contributed by atoms with Crippen molar-refractivity contribution in [2.45, 2.75) is 75.2 Å². The van der Waals surface area contributed by atoms with E-state index in [1.165, 1.54) is 133 Å². The van der Waals surface area contributed by atoms with Gasteiger partial charge in [-0.05, 0) is 164 Å². The third-order valence-corrected chi connectivity index (χ3v) is 12.9. The van der Waals surface area contributed by atoms with Gasteiger partial charge in [-0.15, -0.1) is 0 Å². The smallest absolute Gasteiger partial charge is 0.0642 e. The molecule has 1 heteroatoms. The minimum Gasteiger partial charge on any atom is -0.0642 e. The lowest BCUT2D eigenvalue weighted by molar-refractivity contribution is 0.975. The lowest BCUT2D eigenvalue weighted by Crippen LogP contribution is -2.57. The van der Waals surface area contributed by atoms with E-state index in [-0.39, 0.29) is 6.71 Å². The Balaban J connectivity index is 1.52. The van der Waals surface area contributed by atoms with E-state index < -0.39 is 0 Å². The third kappa shape index (κ3) is 5.74. The average molecular weight is 723 g/mol. The summed E-state index contributed by atoms with van der Waals surface area (Å²) in [7, 11) is 0. The number of hydrogen-bond acceptors (Lipinski definition) is 0. The van der Waals surface area contributed by atoms with E-state index in [1.54, 1.807) is 0 Å². The van der Waals surface area contributed by atoms with Gasteiger partial charge in [-0.1, -0.05) is 165 Å². The van der Waals surface area contributed by atoms with Crippen LogP contribution in [0.25, 0.3) is 54.9 Å². The number of benzene rings is 8. The molecule has 0 bridgehead atoms.